The largest absolute Gasteiger partial charge is 0.345 e. The molecular formula is C11H18N2OS. The Morgan fingerprint density at radius 3 is 3.13 bits per heavy atom. The van der Waals surface area contributed by atoms with Crippen molar-refractivity contribution in [3.05, 3.63) is 0 Å². The average molecular weight is 226 g/mol. The Balaban J connectivity index is 2.00. The van der Waals surface area contributed by atoms with Crippen molar-refractivity contribution in [2.24, 2.45) is 0 Å². The minimum absolute atomic E-state index is 0.0314. The minimum atomic E-state index is 0.0314. The summed E-state index contributed by atoms with van der Waals surface area (Å²) in [6.07, 6.45) is 8.07. The number of hydrogen-bond acceptors (Lipinski definition) is 3. The quantitative estimate of drug-likeness (QED) is 0.675. The number of hydrogen-bond donors (Lipinski definition) is 2. The Bertz CT molecular complexity index is 231. The molecule has 1 unspecified atom stereocenters. The third-order valence-electron chi connectivity index (χ3n) is 2.33. The van der Waals surface area contributed by atoms with Crippen LogP contribution in [0.4, 0.5) is 0 Å². The molecule has 1 aliphatic heterocycles. The zero-order valence-corrected chi connectivity index (χ0v) is 9.74. The van der Waals surface area contributed by atoms with E-state index in [1.165, 1.54) is 24.3 Å². The van der Waals surface area contributed by atoms with Crippen LogP contribution >= 0.6 is 11.8 Å². The summed E-state index contributed by atoms with van der Waals surface area (Å²) in [6, 6.07) is 0.587. The van der Waals surface area contributed by atoms with E-state index in [1.54, 1.807) is 0 Å². The van der Waals surface area contributed by atoms with Crippen molar-refractivity contribution < 1.29 is 4.79 Å². The Labute approximate surface area is 95.8 Å². The standard InChI is InChI=1S/C11H18N2OS/c1-2-6-13-11(14)5-7-12-10-4-3-8-15-9-10/h1,10,12H,3-9H2,(H,13,14). The van der Waals surface area contributed by atoms with E-state index in [2.05, 4.69) is 16.6 Å². The van der Waals surface area contributed by atoms with Crippen LogP contribution < -0.4 is 10.6 Å². The third kappa shape index (κ3) is 5.71. The lowest BCUT2D eigenvalue weighted by Crippen LogP contribution is -2.36. The molecule has 1 rings (SSSR count). The van der Waals surface area contributed by atoms with E-state index in [0.717, 1.165) is 6.54 Å². The van der Waals surface area contributed by atoms with Gasteiger partial charge in [0.2, 0.25) is 5.91 Å². The third-order valence-corrected chi connectivity index (χ3v) is 3.55. The number of rotatable bonds is 5. The van der Waals surface area contributed by atoms with Crippen LogP contribution in [0.2, 0.25) is 0 Å². The normalized spacial score (nSPS) is 20.6. The molecular weight excluding hydrogens is 208 g/mol. The lowest BCUT2D eigenvalue weighted by molar-refractivity contribution is -0.120. The van der Waals surface area contributed by atoms with E-state index in [0.29, 0.717) is 19.0 Å². The second-order valence-corrected chi connectivity index (χ2v) is 4.75. The van der Waals surface area contributed by atoms with Gasteiger partial charge in [-0.3, -0.25) is 4.79 Å². The number of carbonyl (C=O) groups is 1. The Kier molecular flexibility index (Phi) is 6.29. The predicted octanol–water partition coefficient (Wildman–Crippen LogP) is 0.611. The summed E-state index contributed by atoms with van der Waals surface area (Å²) in [5.74, 6) is 4.87. The van der Waals surface area contributed by atoms with Crippen molar-refractivity contribution in [1.29, 1.82) is 0 Å². The summed E-state index contributed by atoms with van der Waals surface area (Å²) in [7, 11) is 0. The van der Waals surface area contributed by atoms with Crippen LogP contribution in [0.15, 0.2) is 0 Å². The van der Waals surface area contributed by atoms with Gasteiger partial charge in [-0.2, -0.15) is 11.8 Å². The van der Waals surface area contributed by atoms with E-state index in [-0.39, 0.29) is 5.91 Å². The zero-order chi connectivity index (χ0) is 10.9. The molecule has 4 heteroatoms. The molecule has 2 N–H and O–H groups in total. The molecule has 1 saturated heterocycles. The SMILES string of the molecule is C#CCNC(=O)CCNC1CCCSC1. The molecule has 84 valence electrons. The zero-order valence-electron chi connectivity index (χ0n) is 8.92. The molecule has 0 aliphatic carbocycles. The van der Waals surface area contributed by atoms with E-state index < -0.39 is 0 Å². The van der Waals surface area contributed by atoms with Gasteiger partial charge in [-0.15, -0.1) is 6.42 Å². The fourth-order valence-corrected chi connectivity index (χ4v) is 2.64. The molecule has 3 nitrogen and oxygen atoms in total. The number of amides is 1. The molecule has 0 spiro atoms. The fraction of sp³-hybridized carbons (Fsp3) is 0.727. The van der Waals surface area contributed by atoms with Crippen LogP contribution in [0, 0.1) is 12.3 Å². The van der Waals surface area contributed by atoms with Gasteiger partial charge in [-0.25, -0.2) is 0 Å². The molecule has 1 fully saturated rings. The highest BCUT2D eigenvalue weighted by molar-refractivity contribution is 7.99. The first-order valence-corrected chi connectivity index (χ1v) is 6.49. The summed E-state index contributed by atoms with van der Waals surface area (Å²) in [6.45, 7) is 1.08. The fourth-order valence-electron chi connectivity index (χ4n) is 1.53. The maximum atomic E-state index is 11.2. The maximum absolute atomic E-state index is 11.2. The highest BCUT2D eigenvalue weighted by Gasteiger charge is 2.12. The second kappa shape index (κ2) is 7.61. The molecule has 0 bridgehead atoms. The Morgan fingerprint density at radius 1 is 1.60 bits per heavy atom. The summed E-state index contributed by atoms with van der Waals surface area (Å²) in [5, 5.41) is 6.05. The number of nitrogens with one attached hydrogen (secondary N) is 2. The molecule has 1 heterocycles. The Morgan fingerprint density at radius 2 is 2.47 bits per heavy atom. The van der Waals surface area contributed by atoms with Crippen LogP contribution in [0.1, 0.15) is 19.3 Å². The molecule has 1 atom stereocenters. The van der Waals surface area contributed by atoms with Crippen LogP contribution in [-0.2, 0) is 4.79 Å². The lowest BCUT2D eigenvalue weighted by atomic mass is 10.2. The lowest BCUT2D eigenvalue weighted by Gasteiger charge is -2.22. The Hall–Kier alpha value is -0.660. The van der Waals surface area contributed by atoms with Gasteiger partial charge < -0.3 is 10.6 Å². The molecule has 0 saturated carbocycles. The molecule has 0 aromatic rings. The second-order valence-electron chi connectivity index (χ2n) is 3.60. The molecule has 1 amide bonds. The van der Waals surface area contributed by atoms with Gasteiger partial charge in [-0.05, 0) is 18.6 Å². The topological polar surface area (TPSA) is 41.1 Å². The van der Waals surface area contributed by atoms with Crippen LogP contribution in [-0.4, -0.2) is 36.5 Å². The maximum Gasteiger partial charge on any atom is 0.222 e. The van der Waals surface area contributed by atoms with Gasteiger partial charge in [-0.1, -0.05) is 5.92 Å². The molecule has 15 heavy (non-hydrogen) atoms. The van der Waals surface area contributed by atoms with Gasteiger partial charge in [0.15, 0.2) is 0 Å². The van der Waals surface area contributed by atoms with Crippen LogP contribution in [0.5, 0.6) is 0 Å². The van der Waals surface area contributed by atoms with E-state index in [1.807, 2.05) is 11.8 Å². The van der Waals surface area contributed by atoms with Gasteiger partial charge in [0.1, 0.15) is 0 Å². The summed E-state index contributed by atoms with van der Waals surface area (Å²) >= 11 is 1.99. The van der Waals surface area contributed by atoms with Crippen molar-refractivity contribution in [2.75, 3.05) is 24.6 Å². The molecule has 0 aromatic heterocycles. The smallest absolute Gasteiger partial charge is 0.222 e. The number of terminal acetylenes is 1. The van der Waals surface area contributed by atoms with Crippen LogP contribution in [0.25, 0.3) is 0 Å². The molecule has 0 radical (unpaired) electrons. The van der Waals surface area contributed by atoms with Crippen molar-refractivity contribution in [3.8, 4) is 12.3 Å². The summed E-state index contributed by atoms with van der Waals surface area (Å²) in [5.41, 5.74) is 0. The monoisotopic (exact) mass is 226 g/mol. The van der Waals surface area contributed by atoms with E-state index in [4.69, 9.17) is 6.42 Å². The van der Waals surface area contributed by atoms with Crippen molar-refractivity contribution in [3.63, 3.8) is 0 Å². The van der Waals surface area contributed by atoms with Crippen LogP contribution in [0.3, 0.4) is 0 Å². The highest BCUT2D eigenvalue weighted by Crippen LogP contribution is 2.16. The van der Waals surface area contributed by atoms with Gasteiger partial charge in [0, 0.05) is 24.8 Å². The first kappa shape index (κ1) is 12.4. The van der Waals surface area contributed by atoms with E-state index >= 15 is 0 Å². The van der Waals surface area contributed by atoms with Gasteiger partial charge in [0.05, 0.1) is 6.54 Å². The predicted molar refractivity (Wildman–Crippen MR) is 64.8 cm³/mol. The summed E-state index contributed by atoms with van der Waals surface area (Å²) < 4.78 is 0. The summed E-state index contributed by atoms with van der Waals surface area (Å²) in [4.78, 5) is 11.2. The number of thioether (sulfide) groups is 1. The first-order chi connectivity index (χ1) is 7.33. The highest BCUT2D eigenvalue weighted by atomic mass is 32.2. The van der Waals surface area contributed by atoms with Crippen molar-refractivity contribution in [1.82, 2.24) is 10.6 Å². The van der Waals surface area contributed by atoms with Crippen molar-refractivity contribution in [2.45, 2.75) is 25.3 Å². The molecule has 0 aromatic carbocycles. The molecule has 1 aliphatic rings. The first-order valence-electron chi connectivity index (χ1n) is 5.34. The average Bonchev–Trinajstić information content (AvgIpc) is 2.28. The number of carbonyl (C=O) groups excluding carboxylic acids is 1. The van der Waals surface area contributed by atoms with E-state index in [9.17, 15) is 4.79 Å². The minimum Gasteiger partial charge on any atom is -0.345 e. The van der Waals surface area contributed by atoms with Gasteiger partial charge in [0.25, 0.3) is 0 Å². The van der Waals surface area contributed by atoms with Crippen molar-refractivity contribution >= 4 is 17.7 Å². The van der Waals surface area contributed by atoms with Gasteiger partial charge >= 0.3 is 0 Å².